The molecular formula is C17H16BrClN2O2. The van der Waals surface area contributed by atoms with E-state index in [2.05, 4.69) is 21.2 Å². The quantitative estimate of drug-likeness (QED) is 0.834. The molecule has 0 aliphatic heterocycles. The van der Waals surface area contributed by atoms with E-state index in [1.165, 1.54) is 11.8 Å². The molecule has 0 aliphatic carbocycles. The Hall–Kier alpha value is -1.85. The summed E-state index contributed by atoms with van der Waals surface area (Å²) in [5, 5.41) is 3.37. The third kappa shape index (κ3) is 4.81. The van der Waals surface area contributed by atoms with E-state index in [0.29, 0.717) is 16.4 Å². The van der Waals surface area contributed by atoms with Crippen LogP contribution in [0.5, 0.6) is 0 Å². The number of rotatable bonds is 4. The molecule has 23 heavy (non-hydrogen) atoms. The van der Waals surface area contributed by atoms with Crippen molar-refractivity contribution >= 4 is 50.7 Å². The number of anilines is 2. The van der Waals surface area contributed by atoms with Crippen molar-refractivity contribution in [2.24, 2.45) is 0 Å². The van der Waals surface area contributed by atoms with Gasteiger partial charge in [-0.25, -0.2) is 0 Å². The second kappa shape index (κ2) is 7.62. The second-order valence-electron chi connectivity index (χ2n) is 5.09. The van der Waals surface area contributed by atoms with Crippen molar-refractivity contribution in [3.05, 3.63) is 57.5 Å². The van der Waals surface area contributed by atoms with Crippen molar-refractivity contribution in [1.29, 1.82) is 0 Å². The molecule has 120 valence electrons. The lowest BCUT2D eigenvalue weighted by Gasteiger charge is -2.22. The maximum absolute atomic E-state index is 12.2. The largest absolute Gasteiger partial charge is 0.325 e. The Morgan fingerprint density at radius 1 is 1.17 bits per heavy atom. The molecule has 1 N–H and O–H groups in total. The molecule has 2 aromatic carbocycles. The highest BCUT2D eigenvalue weighted by atomic mass is 79.9. The maximum atomic E-state index is 12.2. The first-order chi connectivity index (χ1) is 10.9. The van der Waals surface area contributed by atoms with Gasteiger partial charge in [-0.3, -0.25) is 9.59 Å². The number of hydrogen-bond donors (Lipinski definition) is 1. The van der Waals surface area contributed by atoms with Crippen LogP contribution in [0.15, 0.2) is 46.9 Å². The van der Waals surface area contributed by atoms with E-state index in [9.17, 15) is 9.59 Å². The molecule has 4 nitrogen and oxygen atoms in total. The zero-order valence-corrected chi connectivity index (χ0v) is 15.1. The van der Waals surface area contributed by atoms with E-state index >= 15 is 0 Å². The van der Waals surface area contributed by atoms with Gasteiger partial charge in [-0.2, -0.15) is 0 Å². The number of carbonyl (C=O) groups is 2. The fourth-order valence-corrected chi connectivity index (χ4v) is 2.66. The van der Waals surface area contributed by atoms with Crippen LogP contribution in [-0.4, -0.2) is 18.4 Å². The summed E-state index contributed by atoms with van der Waals surface area (Å²) in [5.74, 6) is -0.474. The summed E-state index contributed by atoms with van der Waals surface area (Å²) in [6.45, 7) is 3.22. The van der Waals surface area contributed by atoms with Crippen LogP contribution in [0.2, 0.25) is 5.02 Å². The predicted molar refractivity (Wildman–Crippen MR) is 97.0 cm³/mol. The molecule has 0 fully saturated rings. The molecule has 0 bridgehead atoms. The van der Waals surface area contributed by atoms with Crippen LogP contribution in [0.4, 0.5) is 11.4 Å². The number of amides is 2. The Balaban J connectivity index is 2.14. The highest BCUT2D eigenvalue weighted by Gasteiger charge is 2.17. The Bertz CT molecular complexity index is 732. The molecule has 0 saturated heterocycles. The van der Waals surface area contributed by atoms with Crippen LogP contribution in [0.25, 0.3) is 0 Å². The first kappa shape index (κ1) is 17.5. The summed E-state index contributed by atoms with van der Waals surface area (Å²) >= 11 is 9.28. The Kier molecular flexibility index (Phi) is 5.80. The molecule has 2 aromatic rings. The van der Waals surface area contributed by atoms with Crippen molar-refractivity contribution in [1.82, 2.24) is 0 Å². The van der Waals surface area contributed by atoms with Crippen molar-refractivity contribution in [3.63, 3.8) is 0 Å². The van der Waals surface area contributed by atoms with E-state index in [0.717, 1.165) is 10.0 Å². The average molecular weight is 396 g/mol. The lowest BCUT2D eigenvalue weighted by molar-refractivity contribution is -0.120. The number of benzene rings is 2. The van der Waals surface area contributed by atoms with Gasteiger partial charge in [0.1, 0.15) is 6.54 Å². The second-order valence-corrected chi connectivity index (χ2v) is 6.44. The zero-order valence-electron chi connectivity index (χ0n) is 12.8. The molecule has 0 heterocycles. The SMILES string of the molecule is CC(=O)N(CC(=O)Nc1ccc(Br)cc1)c1ccc(Cl)cc1C. The van der Waals surface area contributed by atoms with E-state index < -0.39 is 0 Å². The van der Waals surface area contributed by atoms with Gasteiger partial charge >= 0.3 is 0 Å². The van der Waals surface area contributed by atoms with Gasteiger partial charge in [-0.15, -0.1) is 0 Å². The molecule has 0 atom stereocenters. The molecule has 6 heteroatoms. The lowest BCUT2D eigenvalue weighted by Crippen LogP contribution is -2.37. The highest BCUT2D eigenvalue weighted by molar-refractivity contribution is 9.10. The van der Waals surface area contributed by atoms with Gasteiger partial charge < -0.3 is 10.2 Å². The number of carbonyl (C=O) groups excluding carboxylic acids is 2. The Morgan fingerprint density at radius 3 is 2.39 bits per heavy atom. The Labute approximate surface area is 148 Å². The summed E-state index contributed by atoms with van der Waals surface area (Å²) in [7, 11) is 0. The molecule has 0 aromatic heterocycles. The highest BCUT2D eigenvalue weighted by Crippen LogP contribution is 2.24. The van der Waals surface area contributed by atoms with Crippen molar-refractivity contribution < 1.29 is 9.59 Å². The van der Waals surface area contributed by atoms with Gasteiger partial charge in [0.25, 0.3) is 0 Å². The minimum absolute atomic E-state index is 0.0616. The molecular weight excluding hydrogens is 380 g/mol. The third-order valence-electron chi connectivity index (χ3n) is 3.26. The summed E-state index contributed by atoms with van der Waals surface area (Å²) in [6.07, 6.45) is 0. The van der Waals surface area contributed by atoms with Crippen LogP contribution >= 0.6 is 27.5 Å². The standard InChI is InChI=1S/C17H16BrClN2O2/c1-11-9-14(19)5-8-16(11)21(12(2)22)10-17(23)20-15-6-3-13(18)4-7-15/h3-9H,10H2,1-2H3,(H,20,23). The van der Waals surface area contributed by atoms with Crippen LogP contribution in [-0.2, 0) is 9.59 Å². The topological polar surface area (TPSA) is 49.4 Å². The van der Waals surface area contributed by atoms with Gasteiger partial charge in [-0.05, 0) is 55.0 Å². The van der Waals surface area contributed by atoms with Crippen LogP contribution < -0.4 is 10.2 Å². The van der Waals surface area contributed by atoms with Crippen molar-refractivity contribution in [2.45, 2.75) is 13.8 Å². The van der Waals surface area contributed by atoms with Gasteiger partial charge in [-0.1, -0.05) is 27.5 Å². The van der Waals surface area contributed by atoms with Crippen LogP contribution in [0.3, 0.4) is 0 Å². The number of aryl methyl sites for hydroxylation is 1. The van der Waals surface area contributed by atoms with Gasteiger partial charge in [0.05, 0.1) is 0 Å². The van der Waals surface area contributed by atoms with Gasteiger partial charge in [0.2, 0.25) is 11.8 Å². The summed E-state index contributed by atoms with van der Waals surface area (Å²) in [6, 6.07) is 12.4. The van der Waals surface area contributed by atoms with Gasteiger partial charge in [0.15, 0.2) is 0 Å². The maximum Gasteiger partial charge on any atom is 0.244 e. The normalized spacial score (nSPS) is 10.3. The van der Waals surface area contributed by atoms with E-state index in [-0.39, 0.29) is 18.4 Å². The fraction of sp³-hybridized carbons (Fsp3) is 0.176. The average Bonchev–Trinajstić information content (AvgIpc) is 2.48. The summed E-state index contributed by atoms with van der Waals surface area (Å²) in [5.41, 5.74) is 2.19. The first-order valence-electron chi connectivity index (χ1n) is 6.96. The Morgan fingerprint density at radius 2 is 1.83 bits per heavy atom. The van der Waals surface area contributed by atoms with Crippen LogP contribution in [0.1, 0.15) is 12.5 Å². The van der Waals surface area contributed by atoms with E-state index in [1.807, 2.05) is 19.1 Å². The molecule has 0 aliphatic rings. The molecule has 2 amide bonds. The first-order valence-corrected chi connectivity index (χ1v) is 8.13. The van der Waals surface area contributed by atoms with Crippen molar-refractivity contribution in [3.8, 4) is 0 Å². The number of halogens is 2. The fourth-order valence-electron chi connectivity index (χ4n) is 2.17. The number of hydrogen-bond acceptors (Lipinski definition) is 2. The van der Waals surface area contributed by atoms with Gasteiger partial charge in [0, 0.05) is 27.8 Å². The van der Waals surface area contributed by atoms with Crippen molar-refractivity contribution in [2.75, 3.05) is 16.8 Å². The monoisotopic (exact) mass is 394 g/mol. The molecule has 0 spiro atoms. The molecule has 0 saturated carbocycles. The number of nitrogens with zero attached hydrogens (tertiary/aromatic N) is 1. The minimum Gasteiger partial charge on any atom is -0.325 e. The van der Waals surface area contributed by atoms with E-state index in [4.69, 9.17) is 11.6 Å². The summed E-state index contributed by atoms with van der Waals surface area (Å²) in [4.78, 5) is 25.6. The summed E-state index contributed by atoms with van der Waals surface area (Å²) < 4.78 is 0.928. The molecule has 0 radical (unpaired) electrons. The lowest BCUT2D eigenvalue weighted by atomic mass is 10.1. The van der Waals surface area contributed by atoms with Crippen LogP contribution in [0, 0.1) is 6.92 Å². The number of nitrogens with one attached hydrogen (secondary N) is 1. The molecule has 2 rings (SSSR count). The minimum atomic E-state index is -0.267. The molecule has 0 unspecified atom stereocenters. The van der Waals surface area contributed by atoms with E-state index in [1.54, 1.807) is 30.3 Å². The third-order valence-corrected chi connectivity index (χ3v) is 4.02. The zero-order chi connectivity index (χ0) is 17.0. The predicted octanol–water partition coefficient (Wildman–Crippen LogP) is 4.40. The smallest absolute Gasteiger partial charge is 0.244 e.